The van der Waals surface area contributed by atoms with Crippen molar-refractivity contribution in [1.29, 1.82) is 0 Å². The lowest BCUT2D eigenvalue weighted by molar-refractivity contribution is -0.122. The molecule has 1 saturated heterocycles. The number of ether oxygens (including phenoxy) is 3. The van der Waals surface area contributed by atoms with E-state index in [4.69, 9.17) is 26.4 Å². The van der Waals surface area contributed by atoms with E-state index in [0.717, 1.165) is 11.3 Å². The van der Waals surface area contributed by atoms with Crippen molar-refractivity contribution in [3.63, 3.8) is 0 Å². The molecule has 2 amide bonds. The summed E-state index contributed by atoms with van der Waals surface area (Å²) in [5.41, 5.74) is 1.53. The van der Waals surface area contributed by atoms with Crippen molar-refractivity contribution < 1.29 is 23.8 Å². The third-order valence-corrected chi connectivity index (χ3v) is 6.11. The topological polar surface area (TPSA) is 77.1 Å². The van der Waals surface area contributed by atoms with E-state index in [0.29, 0.717) is 39.4 Å². The summed E-state index contributed by atoms with van der Waals surface area (Å²) < 4.78 is 16.3. The van der Waals surface area contributed by atoms with Crippen LogP contribution in [-0.4, -0.2) is 41.5 Å². The number of anilines is 1. The van der Waals surface area contributed by atoms with Crippen LogP contribution in [0.3, 0.4) is 0 Å². The zero-order valence-corrected chi connectivity index (χ0v) is 18.4. The van der Waals surface area contributed by atoms with E-state index in [1.165, 1.54) is 11.8 Å². The number of benzene rings is 2. The maximum absolute atomic E-state index is 12.8. The fraction of sp³-hybridized carbons (Fsp3) is 0.227. The number of nitrogens with zero attached hydrogens (tertiary/aromatic N) is 1. The van der Waals surface area contributed by atoms with Crippen LogP contribution < -0.4 is 19.5 Å². The zero-order valence-electron chi connectivity index (χ0n) is 16.8. The number of methoxy groups -OCH3 is 1. The predicted molar refractivity (Wildman–Crippen MR) is 123 cm³/mol. The highest BCUT2D eigenvalue weighted by Gasteiger charge is 2.31. The normalized spacial score (nSPS) is 16.2. The van der Waals surface area contributed by atoms with Crippen LogP contribution in [0.1, 0.15) is 18.4 Å². The number of rotatable bonds is 7. The average molecular weight is 457 g/mol. The van der Waals surface area contributed by atoms with E-state index in [-0.39, 0.29) is 25.0 Å². The lowest BCUT2D eigenvalue weighted by atomic mass is 10.2. The summed E-state index contributed by atoms with van der Waals surface area (Å²) in [7, 11) is 1.59. The molecule has 0 unspecified atom stereocenters. The van der Waals surface area contributed by atoms with Crippen LogP contribution in [0.5, 0.6) is 17.2 Å². The van der Waals surface area contributed by atoms with Gasteiger partial charge in [-0.05, 0) is 54.5 Å². The van der Waals surface area contributed by atoms with Gasteiger partial charge < -0.3 is 19.5 Å². The molecule has 2 aliphatic heterocycles. The van der Waals surface area contributed by atoms with Gasteiger partial charge in [-0.3, -0.25) is 14.5 Å². The van der Waals surface area contributed by atoms with Crippen LogP contribution in [0, 0.1) is 0 Å². The first-order valence-electron chi connectivity index (χ1n) is 9.62. The van der Waals surface area contributed by atoms with Crippen LogP contribution in [0.15, 0.2) is 47.4 Å². The number of nitrogens with one attached hydrogen (secondary N) is 1. The number of hydrogen-bond donors (Lipinski definition) is 1. The summed E-state index contributed by atoms with van der Waals surface area (Å²) in [5, 5.41) is 2.83. The van der Waals surface area contributed by atoms with Gasteiger partial charge in [-0.1, -0.05) is 30.0 Å². The highest BCUT2D eigenvalue weighted by Crippen LogP contribution is 2.36. The highest BCUT2D eigenvalue weighted by molar-refractivity contribution is 8.26. The number of thioether (sulfide) groups is 1. The van der Waals surface area contributed by atoms with Gasteiger partial charge in [0, 0.05) is 18.7 Å². The first-order chi connectivity index (χ1) is 15.0. The molecule has 2 heterocycles. The van der Waals surface area contributed by atoms with Crippen molar-refractivity contribution in [3.05, 3.63) is 52.9 Å². The Morgan fingerprint density at radius 3 is 2.77 bits per heavy atom. The van der Waals surface area contributed by atoms with E-state index in [1.54, 1.807) is 42.4 Å². The number of carbonyl (C=O) groups excluding carboxylic acids is 2. The van der Waals surface area contributed by atoms with Crippen molar-refractivity contribution in [3.8, 4) is 17.2 Å². The quantitative estimate of drug-likeness (QED) is 0.498. The van der Waals surface area contributed by atoms with Gasteiger partial charge in [0.25, 0.3) is 5.91 Å². The van der Waals surface area contributed by atoms with Crippen LogP contribution in [-0.2, 0) is 9.59 Å². The molecule has 4 rings (SSSR count). The maximum Gasteiger partial charge on any atom is 0.266 e. The van der Waals surface area contributed by atoms with Crippen LogP contribution in [0.2, 0.25) is 0 Å². The molecule has 0 radical (unpaired) electrons. The molecule has 2 aromatic carbocycles. The Labute approximate surface area is 189 Å². The second kappa shape index (κ2) is 9.40. The third-order valence-electron chi connectivity index (χ3n) is 4.73. The number of hydrogen-bond acceptors (Lipinski definition) is 7. The number of amides is 2. The molecule has 0 aliphatic carbocycles. The monoisotopic (exact) mass is 456 g/mol. The minimum absolute atomic E-state index is 0.119. The van der Waals surface area contributed by atoms with Crippen molar-refractivity contribution >= 4 is 51.9 Å². The fourth-order valence-corrected chi connectivity index (χ4v) is 4.45. The summed E-state index contributed by atoms with van der Waals surface area (Å²) in [6.45, 7) is 0.589. The Kier molecular flexibility index (Phi) is 6.43. The minimum Gasteiger partial charge on any atom is -0.497 e. The van der Waals surface area contributed by atoms with Gasteiger partial charge in [0.2, 0.25) is 12.7 Å². The average Bonchev–Trinajstić information content (AvgIpc) is 3.33. The molecule has 0 spiro atoms. The maximum atomic E-state index is 12.8. The molecule has 0 aromatic heterocycles. The smallest absolute Gasteiger partial charge is 0.266 e. The predicted octanol–water partition coefficient (Wildman–Crippen LogP) is 4.04. The standard InChI is InChI=1S/C22H20N2O5S2/c1-27-16-7-5-15(6-8-16)23-20(25)3-2-10-24-21(26)19(31-22(24)30)12-14-4-9-17-18(11-14)29-13-28-17/h4-9,11-12H,2-3,10,13H2,1H3,(H,23,25). The van der Waals surface area contributed by atoms with Gasteiger partial charge in [-0.15, -0.1) is 0 Å². The van der Waals surface area contributed by atoms with Crippen molar-refractivity contribution in [2.24, 2.45) is 0 Å². The number of carbonyl (C=O) groups is 2. The van der Waals surface area contributed by atoms with Gasteiger partial charge in [-0.25, -0.2) is 0 Å². The first kappa shape index (κ1) is 21.2. The molecule has 0 bridgehead atoms. The zero-order chi connectivity index (χ0) is 21.8. The molecule has 7 nitrogen and oxygen atoms in total. The third kappa shape index (κ3) is 5.00. The Morgan fingerprint density at radius 2 is 2.00 bits per heavy atom. The van der Waals surface area contributed by atoms with Crippen molar-refractivity contribution in [2.75, 3.05) is 25.8 Å². The number of thiocarbonyl (C=S) groups is 1. The van der Waals surface area contributed by atoms with Gasteiger partial charge in [-0.2, -0.15) is 0 Å². The first-order valence-corrected chi connectivity index (χ1v) is 10.8. The van der Waals surface area contributed by atoms with Crippen LogP contribution >= 0.6 is 24.0 Å². The molecule has 2 aliphatic rings. The Morgan fingerprint density at radius 1 is 1.23 bits per heavy atom. The lowest BCUT2D eigenvalue weighted by Gasteiger charge is -2.14. The highest BCUT2D eigenvalue weighted by atomic mass is 32.2. The summed E-state index contributed by atoms with van der Waals surface area (Å²) in [4.78, 5) is 27.0. The van der Waals surface area contributed by atoms with E-state index < -0.39 is 0 Å². The molecule has 1 N–H and O–H groups in total. The Balaban J connectivity index is 1.30. The van der Waals surface area contributed by atoms with E-state index in [9.17, 15) is 9.59 Å². The summed E-state index contributed by atoms with van der Waals surface area (Å²) in [5.74, 6) is 1.81. The largest absolute Gasteiger partial charge is 0.497 e. The Bertz CT molecular complexity index is 1050. The minimum atomic E-state index is -0.150. The Hall–Kier alpha value is -3.04. The van der Waals surface area contributed by atoms with Gasteiger partial charge in [0.15, 0.2) is 11.5 Å². The van der Waals surface area contributed by atoms with Crippen LogP contribution in [0.4, 0.5) is 5.69 Å². The lowest BCUT2D eigenvalue weighted by Crippen LogP contribution is -2.29. The number of fused-ring (bicyclic) bond motifs is 1. The summed E-state index contributed by atoms with van der Waals surface area (Å²) in [6.07, 6.45) is 2.58. The molecular formula is C22H20N2O5S2. The molecule has 9 heteroatoms. The van der Waals surface area contributed by atoms with Crippen molar-refractivity contribution in [1.82, 2.24) is 4.90 Å². The van der Waals surface area contributed by atoms with Gasteiger partial charge >= 0.3 is 0 Å². The molecule has 160 valence electrons. The van der Waals surface area contributed by atoms with E-state index in [1.807, 2.05) is 18.2 Å². The SMILES string of the molecule is COc1ccc(NC(=O)CCCN2C(=O)C(=Cc3ccc4c(c3)OCO4)SC2=S)cc1. The second-order valence-corrected chi connectivity index (χ2v) is 8.50. The molecule has 1 fully saturated rings. The molecule has 0 saturated carbocycles. The molecule has 31 heavy (non-hydrogen) atoms. The van der Waals surface area contributed by atoms with Crippen LogP contribution in [0.25, 0.3) is 6.08 Å². The van der Waals surface area contributed by atoms with E-state index >= 15 is 0 Å². The molecule has 2 aromatic rings. The summed E-state index contributed by atoms with van der Waals surface area (Å²) >= 11 is 6.63. The molecular weight excluding hydrogens is 436 g/mol. The fourth-order valence-electron chi connectivity index (χ4n) is 3.14. The van der Waals surface area contributed by atoms with Gasteiger partial charge in [0.05, 0.1) is 12.0 Å². The van der Waals surface area contributed by atoms with Crippen molar-refractivity contribution in [2.45, 2.75) is 12.8 Å². The molecule has 0 atom stereocenters. The summed E-state index contributed by atoms with van der Waals surface area (Å²) in [6, 6.07) is 12.6. The van der Waals surface area contributed by atoms with Gasteiger partial charge in [0.1, 0.15) is 10.1 Å². The second-order valence-electron chi connectivity index (χ2n) is 6.83. The van der Waals surface area contributed by atoms with E-state index in [2.05, 4.69) is 5.32 Å².